The molecule has 0 saturated carbocycles. The van der Waals surface area contributed by atoms with Crippen LogP contribution >= 0.6 is 0 Å². The summed E-state index contributed by atoms with van der Waals surface area (Å²) in [5.41, 5.74) is 3.69. The van der Waals surface area contributed by atoms with E-state index in [1.54, 1.807) is 0 Å². The molecule has 2 rings (SSSR count). The van der Waals surface area contributed by atoms with Crippen molar-refractivity contribution in [3.8, 4) is 16.9 Å². The highest BCUT2D eigenvalue weighted by atomic mass is 16.5. The molecular formula is C15H14O3. The smallest absolute Gasteiger partial charge is 0.298 e. The van der Waals surface area contributed by atoms with Gasteiger partial charge in [-0.1, -0.05) is 36.4 Å². The zero-order valence-electron chi connectivity index (χ0n) is 10.1. The molecule has 0 radical (unpaired) electrons. The van der Waals surface area contributed by atoms with Gasteiger partial charge in [-0.25, -0.2) is 0 Å². The fourth-order valence-corrected chi connectivity index (χ4v) is 1.81. The molecule has 0 unspecified atom stereocenters. The van der Waals surface area contributed by atoms with E-state index in [9.17, 15) is 4.79 Å². The Balaban J connectivity index is 2.44. The molecule has 0 heterocycles. The third-order valence-corrected chi connectivity index (χ3v) is 2.76. The van der Waals surface area contributed by atoms with Gasteiger partial charge in [-0.15, -0.1) is 0 Å². The van der Waals surface area contributed by atoms with Crippen LogP contribution in [0, 0.1) is 6.92 Å². The Morgan fingerprint density at radius 2 is 1.89 bits per heavy atom. The van der Waals surface area contributed by atoms with E-state index in [0.29, 0.717) is 12.2 Å². The molecule has 0 aliphatic carbocycles. The van der Waals surface area contributed by atoms with E-state index in [0.717, 1.165) is 22.3 Å². The lowest BCUT2D eigenvalue weighted by Gasteiger charge is -2.09. The first-order chi connectivity index (χ1) is 8.74. The van der Waals surface area contributed by atoms with Gasteiger partial charge in [0.2, 0.25) is 0 Å². The summed E-state index contributed by atoms with van der Waals surface area (Å²) in [5.74, 6) is 0.543. The van der Waals surface area contributed by atoms with Gasteiger partial charge in [-0.3, -0.25) is 4.79 Å². The molecule has 92 valence electrons. The topological polar surface area (TPSA) is 46.5 Å². The number of hydrogen-bond acceptors (Lipinski definition) is 3. The van der Waals surface area contributed by atoms with E-state index < -0.39 is 0 Å². The first-order valence-corrected chi connectivity index (χ1v) is 5.65. The van der Waals surface area contributed by atoms with Gasteiger partial charge < -0.3 is 9.84 Å². The van der Waals surface area contributed by atoms with Gasteiger partial charge in [0.15, 0.2) is 0 Å². The van der Waals surface area contributed by atoms with Crippen molar-refractivity contribution in [1.29, 1.82) is 0 Å². The van der Waals surface area contributed by atoms with E-state index >= 15 is 0 Å². The van der Waals surface area contributed by atoms with E-state index in [1.807, 2.05) is 49.4 Å². The molecule has 3 nitrogen and oxygen atoms in total. The molecule has 3 heteroatoms. The zero-order valence-corrected chi connectivity index (χ0v) is 10.1. The zero-order chi connectivity index (χ0) is 13.0. The molecule has 2 aromatic carbocycles. The van der Waals surface area contributed by atoms with Crippen LogP contribution in [0.1, 0.15) is 11.1 Å². The monoisotopic (exact) mass is 242 g/mol. The van der Waals surface area contributed by atoms with Crippen molar-refractivity contribution in [2.45, 2.75) is 13.5 Å². The van der Waals surface area contributed by atoms with Crippen molar-refractivity contribution in [3.63, 3.8) is 0 Å². The number of benzene rings is 2. The summed E-state index contributed by atoms with van der Waals surface area (Å²) in [6.07, 6.45) is 0. The first-order valence-electron chi connectivity index (χ1n) is 5.65. The Morgan fingerprint density at radius 1 is 1.17 bits per heavy atom. The molecule has 0 aromatic heterocycles. The Bertz CT molecular complexity index is 544. The molecule has 0 amide bonds. The summed E-state index contributed by atoms with van der Waals surface area (Å²) in [6.45, 7) is 2.39. The largest absolute Gasteiger partial charge is 0.428 e. The normalized spacial score (nSPS) is 10.1. The number of aliphatic hydroxyl groups excluding tert-OH is 1. The third-order valence-electron chi connectivity index (χ3n) is 2.76. The molecule has 0 bridgehead atoms. The summed E-state index contributed by atoms with van der Waals surface area (Å²) in [7, 11) is 0. The lowest BCUT2D eigenvalue weighted by molar-refractivity contribution is -0.120. The van der Waals surface area contributed by atoms with E-state index in [-0.39, 0.29) is 6.61 Å². The van der Waals surface area contributed by atoms with Crippen LogP contribution in [0.15, 0.2) is 42.5 Å². The molecular weight excluding hydrogens is 228 g/mol. The van der Waals surface area contributed by atoms with Crippen LogP contribution in [0.5, 0.6) is 5.75 Å². The average Bonchev–Trinajstić information content (AvgIpc) is 2.40. The molecule has 2 aromatic rings. The number of carbonyl (C=O) groups excluding carboxylic acids is 1. The predicted molar refractivity (Wildman–Crippen MR) is 69.2 cm³/mol. The number of aliphatic hydroxyl groups is 1. The number of rotatable bonds is 4. The molecule has 0 aliphatic rings. The van der Waals surface area contributed by atoms with E-state index in [4.69, 9.17) is 9.84 Å². The van der Waals surface area contributed by atoms with Gasteiger partial charge in [-0.2, -0.15) is 0 Å². The van der Waals surface area contributed by atoms with Gasteiger partial charge in [-0.05, 0) is 29.7 Å². The number of aryl methyl sites for hydroxylation is 1. The summed E-state index contributed by atoms with van der Waals surface area (Å²) in [5, 5.41) is 9.00. The number of ether oxygens (including phenoxy) is 1. The molecule has 18 heavy (non-hydrogen) atoms. The van der Waals surface area contributed by atoms with Crippen molar-refractivity contribution >= 4 is 6.47 Å². The predicted octanol–water partition coefficient (Wildman–Crippen LogP) is 2.69. The van der Waals surface area contributed by atoms with Crippen molar-refractivity contribution in [2.75, 3.05) is 0 Å². The number of carbonyl (C=O) groups is 1. The highest BCUT2D eigenvalue weighted by Crippen LogP contribution is 2.30. The maximum Gasteiger partial charge on any atom is 0.298 e. The lowest BCUT2D eigenvalue weighted by atomic mass is 10.0. The van der Waals surface area contributed by atoms with Crippen LogP contribution in [0.4, 0.5) is 0 Å². The minimum Gasteiger partial charge on any atom is -0.428 e. The first kappa shape index (κ1) is 12.3. The summed E-state index contributed by atoms with van der Waals surface area (Å²) in [4.78, 5) is 10.5. The quantitative estimate of drug-likeness (QED) is 0.838. The second-order valence-corrected chi connectivity index (χ2v) is 4.07. The Labute approximate surface area is 106 Å². The van der Waals surface area contributed by atoms with Gasteiger partial charge in [0.1, 0.15) is 5.75 Å². The molecule has 0 atom stereocenters. The van der Waals surface area contributed by atoms with Crippen LogP contribution in [0.25, 0.3) is 11.1 Å². The van der Waals surface area contributed by atoms with Crippen LogP contribution in [0.2, 0.25) is 0 Å². The molecule has 0 spiro atoms. The fourth-order valence-electron chi connectivity index (χ4n) is 1.81. The second kappa shape index (κ2) is 5.47. The van der Waals surface area contributed by atoms with Gasteiger partial charge in [0, 0.05) is 5.56 Å². The molecule has 0 saturated heterocycles. The van der Waals surface area contributed by atoms with E-state index in [2.05, 4.69) is 0 Å². The highest BCUT2D eigenvalue weighted by molar-refractivity contribution is 5.72. The summed E-state index contributed by atoms with van der Waals surface area (Å²) in [6, 6.07) is 13.2. The summed E-state index contributed by atoms with van der Waals surface area (Å²) >= 11 is 0. The Hall–Kier alpha value is -2.13. The van der Waals surface area contributed by atoms with Crippen molar-refractivity contribution in [1.82, 2.24) is 0 Å². The average molecular weight is 242 g/mol. The lowest BCUT2D eigenvalue weighted by Crippen LogP contribution is -1.93. The van der Waals surface area contributed by atoms with Crippen molar-refractivity contribution in [3.05, 3.63) is 53.6 Å². The SMILES string of the molecule is Cc1ccc(-c2ccc(CO)cc2)c(OC=O)c1. The van der Waals surface area contributed by atoms with Gasteiger partial charge >= 0.3 is 0 Å². The third kappa shape index (κ3) is 2.57. The van der Waals surface area contributed by atoms with Crippen LogP contribution in [0.3, 0.4) is 0 Å². The maximum absolute atomic E-state index is 10.5. The minimum atomic E-state index is 0.0197. The van der Waals surface area contributed by atoms with Gasteiger partial charge in [0.25, 0.3) is 6.47 Å². The van der Waals surface area contributed by atoms with Crippen LogP contribution in [-0.4, -0.2) is 11.6 Å². The molecule has 0 fully saturated rings. The standard InChI is InChI=1S/C15H14O3/c1-11-2-7-14(15(8-11)18-10-17)13-5-3-12(9-16)4-6-13/h2-8,10,16H,9H2,1H3. The van der Waals surface area contributed by atoms with Crippen molar-refractivity contribution in [2.24, 2.45) is 0 Å². The Morgan fingerprint density at radius 3 is 2.50 bits per heavy atom. The van der Waals surface area contributed by atoms with E-state index in [1.165, 1.54) is 0 Å². The molecule has 0 aliphatic heterocycles. The molecule has 1 N–H and O–H groups in total. The summed E-state index contributed by atoms with van der Waals surface area (Å²) < 4.78 is 5.00. The van der Waals surface area contributed by atoms with Gasteiger partial charge in [0.05, 0.1) is 6.61 Å². The second-order valence-electron chi connectivity index (χ2n) is 4.07. The maximum atomic E-state index is 10.5. The minimum absolute atomic E-state index is 0.0197. The number of hydrogen-bond donors (Lipinski definition) is 1. The van der Waals surface area contributed by atoms with Crippen molar-refractivity contribution < 1.29 is 14.6 Å². The fraction of sp³-hybridized carbons (Fsp3) is 0.133. The van der Waals surface area contributed by atoms with Crippen LogP contribution < -0.4 is 4.74 Å². The Kier molecular flexibility index (Phi) is 3.75. The highest BCUT2D eigenvalue weighted by Gasteiger charge is 2.06. The van der Waals surface area contributed by atoms with Crippen LogP contribution in [-0.2, 0) is 11.4 Å².